The maximum atomic E-state index is 13.0. The molecule has 0 aromatic rings. The predicted octanol–water partition coefficient (Wildman–Crippen LogP) is 9.17. The fraction of sp³-hybridized carbons (Fsp3) is 0.977. The van der Waals surface area contributed by atoms with Gasteiger partial charge in [0.1, 0.15) is 24.4 Å². The second kappa shape index (κ2) is 35.6. The van der Waals surface area contributed by atoms with Crippen molar-refractivity contribution in [3.8, 4) is 0 Å². The van der Waals surface area contributed by atoms with Gasteiger partial charge < -0.3 is 40.3 Å². The molecule has 1 fully saturated rings. The molecule has 0 saturated carbocycles. The lowest BCUT2D eigenvalue weighted by Gasteiger charge is -2.40. The van der Waals surface area contributed by atoms with Crippen molar-refractivity contribution in [2.75, 3.05) is 13.2 Å². The SMILES string of the molecule is CCCCCCCCCCCCCCCCCCCC(=O)N[C@@H](CO[C@@H]1O[C@H](CO)[C@H](O)C(O)C1O)[C@H](O)CCCCCCCCCCCCCCC. The van der Waals surface area contributed by atoms with Crippen LogP contribution in [0.5, 0.6) is 0 Å². The maximum Gasteiger partial charge on any atom is 0.220 e. The summed E-state index contributed by atoms with van der Waals surface area (Å²) >= 11 is 0. The van der Waals surface area contributed by atoms with E-state index in [2.05, 4.69) is 19.2 Å². The van der Waals surface area contributed by atoms with Gasteiger partial charge in [0.05, 0.1) is 25.4 Å². The van der Waals surface area contributed by atoms with Crippen LogP contribution in [0.1, 0.15) is 219 Å². The van der Waals surface area contributed by atoms with Crippen LogP contribution < -0.4 is 5.32 Å². The molecule has 0 aliphatic carbocycles. The minimum atomic E-state index is -1.55. The van der Waals surface area contributed by atoms with Crippen LogP contribution in [0.15, 0.2) is 0 Å². The molecule has 6 N–H and O–H groups in total. The first kappa shape index (κ1) is 50.2. The third-order valence-electron chi connectivity index (χ3n) is 11.2. The lowest BCUT2D eigenvalue weighted by atomic mass is 9.99. The zero-order valence-electron chi connectivity index (χ0n) is 34.5. The molecule has 1 heterocycles. The molecule has 1 aliphatic rings. The van der Waals surface area contributed by atoms with Crippen LogP contribution in [-0.4, -0.2) is 87.5 Å². The van der Waals surface area contributed by atoms with Crippen molar-refractivity contribution in [3.05, 3.63) is 0 Å². The molecule has 1 aliphatic heterocycles. The number of rotatable bonds is 38. The average molecular weight is 758 g/mol. The van der Waals surface area contributed by atoms with Gasteiger partial charge in [0.15, 0.2) is 6.29 Å². The van der Waals surface area contributed by atoms with E-state index in [0.29, 0.717) is 12.8 Å². The number of hydrogen-bond acceptors (Lipinski definition) is 8. The van der Waals surface area contributed by atoms with Crippen LogP contribution in [0.25, 0.3) is 0 Å². The number of ether oxygens (including phenoxy) is 2. The summed E-state index contributed by atoms with van der Waals surface area (Å²) in [4.78, 5) is 13.0. The summed E-state index contributed by atoms with van der Waals surface area (Å²) in [6.45, 7) is 3.84. The lowest BCUT2D eigenvalue weighted by molar-refractivity contribution is -0.302. The third-order valence-corrected chi connectivity index (χ3v) is 11.2. The van der Waals surface area contributed by atoms with Crippen molar-refractivity contribution >= 4 is 5.91 Å². The number of hydrogen-bond donors (Lipinski definition) is 6. The Morgan fingerprint density at radius 3 is 1.34 bits per heavy atom. The maximum absolute atomic E-state index is 13.0. The first-order chi connectivity index (χ1) is 25.8. The van der Waals surface area contributed by atoms with Crippen LogP contribution in [0.3, 0.4) is 0 Å². The van der Waals surface area contributed by atoms with Crippen molar-refractivity contribution in [2.24, 2.45) is 0 Å². The molecule has 53 heavy (non-hydrogen) atoms. The largest absolute Gasteiger partial charge is 0.394 e. The summed E-state index contributed by atoms with van der Waals surface area (Å²) in [6, 6.07) is -0.710. The van der Waals surface area contributed by atoms with E-state index in [1.165, 1.54) is 154 Å². The van der Waals surface area contributed by atoms with Crippen LogP contribution in [-0.2, 0) is 14.3 Å². The van der Waals surface area contributed by atoms with Gasteiger partial charge in [0.25, 0.3) is 0 Å². The summed E-state index contributed by atoms with van der Waals surface area (Å²) in [5, 5.41) is 54.3. The molecule has 316 valence electrons. The minimum Gasteiger partial charge on any atom is -0.394 e. The van der Waals surface area contributed by atoms with E-state index < -0.39 is 49.5 Å². The highest BCUT2D eigenvalue weighted by atomic mass is 16.7. The molecular formula is C44H87NO8. The predicted molar refractivity (Wildman–Crippen MR) is 217 cm³/mol. The minimum absolute atomic E-state index is 0.132. The van der Waals surface area contributed by atoms with E-state index in [1.54, 1.807) is 0 Å². The van der Waals surface area contributed by atoms with Gasteiger partial charge in [0, 0.05) is 6.42 Å². The normalized spacial score (nSPS) is 21.5. The smallest absolute Gasteiger partial charge is 0.220 e. The Labute approximate surface area is 325 Å². The summed E-state index contributed by atoms with van der Waals surface area (Å²) in [7, 11) is 0. The van der Waals surface area contributed by atoms with Gasteiger partial charge in [-0.25, -0.2) is 0 Å². The number of aliphatic hydroxyl groups is 5. The Morgan fingerprint density at radius 1 is 0.566 bits per heavy atom. The number of aliphatic hydroxyl groups excluding tert-OH is 5. The molecule has 1 rings (SSSR count). The summed E-state index contributed by atoms with van der Waals surface area (Å²) < 4.78 is 11.2. The first-order valence-corrected chi connectivity index (χ1v) is 22.7. The molecule has 2 unspecified atom stereocenters. The van der Waals surface area contributed by atoms with Crippen LogP contribution >= 0.6 is 0 Å². The monoisotopic (exact) mass is 758 g/mol. The van der Waals surface area contributed by atoms with Crippen LogP contribution in [0.2, 0.25) is 0 Å². The number of carbonyl (C=O) groups is 1. The van der Waals surface area contributed by atoms with E-state index in [-0.39, 0.29) is 12.5 Å². The van der Waals surface area contributed by atoms with E-state index in [1.807, 2.05) is 0 Å². The molecule has 0 bridgehead atoms. The van der Waals surface area contributed by atoms with Crippen LogP contribution in [0, 0.1) is 0 Å². The number of nitrogens with one attached hydrogen (secondary N) is 1. The molecule has 9 nitrogen and oxygen atoms in total. The van der Waals surface area contributed by atoms with E-state index >= 15 is 0 Å². The van der Waals surface area contributed by atoms with Gasteiger partial charge in [0.2, 0.25) is 5.91 Å². The molecule has 1 amide bonds. The van der Waals surface area contributed by atoms with Gasteiger partial charge >= 0.3 is 0 Å². The van der Waals surface area contributed by atoms with Gasteiger partial charge in [-0.05, 0) is 12.8 Å². The average Bonchev–Trinajstić information content (AvgIpc) is 3.16. The zero-order chi connectivity index (χ0) is 38.8. The van der Waals surface area contributed by atoms with Crippen molar-refractivity contribution in [1.29, 1.82) is 0 Å². The quantitative estimate of drug-likeness (QED) is 0.0342. The number of amides is 1. The second-order valence-corrected chi connectivity index (χ2v) is 16.2. The summed E-state index contributed by atoms with van der Waals surface area (Å²) in [5.41, 5.74) is 0. The lowest BCUT2D eigenvalue weighted by Crippen LogP contribution is -2.60. The standard InChI is InChI=1S/C44H87NO8/c1-3-5-7-9-11-13-15-17-18-19-20-22-24-26-28-30-32-34-40(48)45-37(36-52-44-43(51)42(50)41(49)39(35-46)53-44)38(47)33-31-29-27-25-23-21-16-14-12-10-8-6-4-2/h37-39,41-44,46-47,49-51H,3-36H2,1-2H3,(H,45,48)/t37-,38+,39+,41-,42?,43?,44+/m0/s1. The Bertz CT molecular complexity index is 801. The highest BCUT2D eigenvalue weighted by Crippen LogP contribution is 2.23. The third kappa shape index (κ3) is 26.6. The highest BCUT2D eigenvalue weighted by molar-refractivity contribution is 5.76. The highest BCUT2D eigenvalue weighted by Gasteiger charge is 2.44. The van der Waals surface area contributed by atoms with E-state index in [9.17, 15) is 30.3 Å². The van der Waals surface area contributed by atoms with Crippen molar-refractivity contribution in [1.82, 2.24) is 5.32 Å². The van der Waals surface area contributed by atoms with Gasteiger partial charge in [-0.1, -0.05) is 200 Å². The molecule has 1 saturated heterocycles. The van der Waals surface area contributed by atoms with E-state index in [4.69, 9.17) is 9.47 Å². The Kier molecular flexibility index (Phi) is 33.7. The molecule has 0 radical (unpaired) electrons. The van der Waals surface area contributed by atoms with Crippen molar-refractivity contribution in [3.63, 3.8) is 0 Å². The second-order valence-electron chi connectivity index (χ2n) is 16.2. The van der Waals surface area contributed by atoms with Crippen LogP contribution in [0.4, 0.5) is 0 Å². The van der Waals surface area contributed by atoms with Gasteiger partial charge in [-0.2, -0.15) is 0 Å². The molecule has 0 aromatic heterocycles. The van der Waals surface area contributed by atoms with Gasteiger partial charge in [-0.15, -0.1) is 0 Å². The molecular weight excluding hydrogens is 670 g/mol. The van der Waals surface area contributed by atoms with Crippen molar-refractivity contribution < 1.29 is 39.8 Å². The van der Waals surface area contributed by atoms with E-state index in [0.717, 1.165) is 38.5 Å². The summed E-state index contributed by atoms with van der Waals surface area (Å²) in [6.07, 6.45) is 31.0. The molecule has 7 atom stereocenters. The summed E-state index contributed by atoms with van der Waals surface area (Å²) in [5.74, 6) is -0.141. The topological polar surface area (TPSA) is 149 Å². The van der Waals surface area contributed by atoms with Crippen molar-refractivity contribution in [2.45, 2.75) is 262 Å². The molecule has 9 heteroatoms. The Balaban J connectivity index is 2.31. The Hall–Kier alpha value is -0.810. The molecule has 0 aromatic carbocycles. The number of carbonyl (C=O) groups excluding carboxylic acids is 1. The Morgan fingerprint density at radius 2 is 0.943 bits per heavy atom. The zero-order valence-corrected chi connectivity index (χ0v) is 34.5. The molecule has 0 spiro atoms. The van der Waals surface area contributed by atoms with Gasteiger partial charge in [-0.3, -0.25) is 4.79 Å². The number of unbranched alkanes of at least 4 members (excludes halogenated alkanes) is 28. The first-order valence-electron chi connectivity index (χ1n) is 22.7. The fourth-order valence-electron chi connectivity index (χ4n) is 7.51. The fourth-order valence-corrected chi connectivity index (χ4v) is 7.51.